The van der Waals surface area contributed by atoms with E-state index in [1.165, 1.54) is 0 Å². The molecule has 0 radical (unpaired) electrons. The molecule has 0 bridgehead atoms. The van der Waals surface area contributed by atoms with Crippen molar-refractivity contribution in [1.29, 1.82) is 0 Å². The van der Waals surface area contributed by atoms with Gasteiger partial charge in [-0.2, -0.15) is 0 Å². The molecule has 3 atom stereocenters. The predicted molar refractivity (Wildman–Crippen MR) is 104 cm³/mol. The number of carbonyl (C=O) groups excluding carboxylic acids is 1. The standard InChI is InChI=1S/C20H24BrN3O/c1-13(2)17-16(21)19(24-23-17)20(25)22-18(14-9-5-3-6-10-14)15-11-7-4-8-12-15/h3-13,16-19,23-24H,1-2H3,(H,22,25). The Labute approximate surface area is 157 Å². The second-order valence-corrected chi connectivity index (χ2v) is 7.80. The Balaban J connectivity index is 1.80. The molecular weight excluding hydrogens is 378 g/mol. The van der Waals surface area contributed by atoms with Crippen LogP contribution in [0.5, 0.6) is 0 Å². The quantitative estimate of drug-likeness (QED) is 0.674. The molecule has 3 unspecified atom stereocenters. The molecule has 5 heteroatoms. The van der Waals surface area contributed by atoms with E-state index in [2.05, 4.69) is 45.9 Å². The van der Waals surface area contributed by atoms with Gasteiger partial charge in [0.2, 0.25) is 5.91 Å². The summed E-state index contributed by atoms with van der Waals surface area (Å²) >= 11 is 3.69. The average molecular weight is 402 g/mol. The molecule has 2 aromatic rings. The van der Waals surface area contributed by atoms with Crippen molar-refractivity contribution < 1.29 is 4.79 Å². The van der Waals surface area contributed by atoms with Crippen LogP contribution >= 0.6 is 15.9 Å². The van der Waals surface area contributed by atoms with Gasteiger partial charge in [0.25, 0.3) is 0 Å². The van der Waals surface area contributed by atoms with Crippen molar-refractivity contribution in [2.75, 3.05) is 0 Å². The number of hydrogen-bond donors (Lipinski definition) is 3. The first-order chi connectivity index (χ1) is 12.1. The summed E-state index contributed by atoms with van der Waals surface area (Å²) < 4.78 is 0. The highest BCUT2D eigenvalue weighted by Crippen LogP contribution is 2.25. The van der Waals surface area contributed by atoms with Crippen molar-refractivity contribution in [3.8, 4) is 0 Å². The highest BCUT2D eigenvalue weighted by Gasteiger charge is 2.40. The van der Waals surface area contributed by atoms with Gasteiger partial charge in [0.15, 0.2) is 0 Å². The molecule has 3 N–H and O–H groups in total. The summed E-state index contributed by atoms with van der Waals surface area (Å²) in [6.45, 7) is 4.29. The number of hydrazine groups is 1. The predicted octanol–water partition coefficient (Wildman–Crippen LogP) is 3.16. The largest absolute Gasteiger partial charge is 0.344 e. The van der Waals surface area contributed by atoms with E-state index in [0.717, 1.165) is 11.1 Å². The van der Waals surface area contributed by atoms with Crippen LogP contribution in [0, 0.1) is 5.92 Å². The number of halogens is 1. The Morgan fingerprint density at radius 2 is 1.48 bits per heavy atom. The van der Waals surface area contributed by atoms with Crippen molar-refractivity contribution in [2.45, 2.75) is 36.8 Å². The number of amides is 1. The first-order valence-corrected chi connectivity index (χ1v) is 9.55. The summed E-state index contributed by atoms with van der Waals surface area (Å²) in [7, 11) is 0. The highest BCUT2D eigenvalue weighted by atomic mass is 79.9. The summed E-state index contributed by atoms with van der Waals surface area (Å²) in [5.41, 5.74) is 8.51. The smallest absolute Gasteiger partial charge is 0.240 e. The average Bonchev–Trinajstić information content (AvgIpc) is 3.03. The monoisotopic (exact) mass is 401 g/mol. The third kappa shape index (κ3) is 4.11. The first-order valence-electron chi connectivity index (χ1n) is 8.63. The molecule has 1 heterocycles. The molecule has 2 aromatic carbocycles. The summed E-state index contributed by atoms with van der Waals surface area (Å²) in [6, 6.07) is 19.8. The van der Waals surface area contributed by atoms with Crippen molar-refractivity contribution in [2.24, 2.45) is 5.92 Å². The van der Waals surface area contributed by atoms with Crippen molar-refractivity contribution in [1.82, 2.24) is 16.2 Å². The second kappa shape index (κ2) is 8.13. The Hall–Kier alpha value is -1.69. The zero-order valence-corrected chi connectivity index (χ0v) is 16.0. The minimum Gasteiger partial charge on any atom is -0.344 e. The Morgan fingerprint density at radius 1 is 0.960 bits per heavy atom. The number of nitrogens with one attached hydrogen (secondary N) is 3. The molecule has 1 fully saturated rings. The molecule has 0 saturated carbocycles. The van der Waals surface area contributed by atoms with Crippen LogP contribution in [-0.2, 0) is 4.79 Å². The molecule has 4 nitrogen and oxygen atoms in total. The molecule has 0 spiro atoms. The van der Waals surface area contributed by atoms with Gasteiger partial charge in [-0.3, -0.25) is 10.2 Å². The summed E-state index contributed by atoms with van der Waals surface area (Å²) in [6.07, 6.45) is 0. The number of carbonyl (C=O) groups is 1. The fourth-order valence-electron chi connectivity index (χ4n) is 3.18. The van der Waals surface area contributed by atoms with Crippen LogP contribution in [0.2, 0.25) is 0 Å². The van der Waals surface area contributed by atoms with Gasteiger partial charge in [0.1, 0.15) is 6.04 Å². The van der Waals surface area contributed by atoms with Gasteiger partial charge < -0.3 is 5.32 Å². The van der Waals surface area contributed by atoms with Gasteiger partial charge in [-0.25, -0.2) is 5.43 Å². The van der Waals surface area contributed by atoms with E-state index in [-0.39, 0.29) is 28.9 Å². The van der Waals surface area contributed by atoms with Crippen LogP contribution in [0.25, 0.3) is 0 Å². The SMILES string of the molecule is CC(C)C1NNC(C(=O)NC(c2ccccc2)c2ccccc2)C1Br. The second-order valence-electron chi connectivity index (χ2n) is 6.74. The van der Waals surface area contributed by atoms with Crippen LogP contribution < -0.4 is 16.2 Å². The fourth-order valence-corrected chi connectivity index (χ4v) is 4.29. The maximum atomic E-state index is 12.9. The van der Waals surface area contributed by atoms with Gasteiger partial charge in [-0.05, 0) is 17.0 Å². The number of benzene rings is 2. The molecular formula is C20H24BrN3O. The van der Waals surface area contributed by atoms with E-state index < -0.39 is 0 Å². The van der Waals surface area contributed by atoms with Gasteiger partial charge in [-0.15, -0.1) is 0 Å². The first kappa shape index (κ1) is 18.1. The molecule has 1 aliphatic heterocycles. The van der Waals surface area contributed by atoms with Crippen LogP contribution in [0.3, 0.4) is 0 Å². The van der Waals surface area contributed by atoms with Crippen molar-refractivity contribution >= 4 is 21.8 Å². The zero-order valence-electron chi connectivity index (χ0n) is 14.4. The zero-order chi connectivity index (χ0) is 17.8. The van der Waals surface area contributed by atoms with E-state index in [9.17, 15) is 4.79 Å². The lowest BCUT2D eigenvalue weighted by atomic mass is 9.96. The molecule has 25 heavy (non-hydrogen) atoms. The lowest BCUT2D eigenvalue weighted by Crippen LogP contribution is -2.47. The number of alkyl halides is 1. The lowest BCUT2D eigenvalue weighted by Gasteiger charge is -2.24. The molecule has 1 aliphatic rings. The number of rotatable bonds is 5. The van der Waals surface area contributed by atoms with E-state index in [1.54, 1.807) is 0 Å². The van der Waals surface area contributed by atoms with Gasteiger partial charge >= 0.3 is 0 Å². The van der Waals surface area contributed by atoms with Gasteiger partial charge in [0.05, 0.1) is 10.9 Å². The van der Waals surface area contributed by atoms with E-state index in [0.29, 0.717) is 5.92 Å². The molecule has 1 saturated heterocycles. The van der Waals surface area contributed by atoms with Crippen LogP contribution in [0.4, 0.5) is 0 Å². The fraction of sp³-hybridized carbons (Fsp3) is 0.350. The van der Waals surface area contributed by atoms with E-state index in [1.807, 2.05) is 60.7 Å². The maximum absolute atomic E-state index is 12.9. The topological polar surface area (TPSA) is 53.2 Å². The van der Waals surface area contributed by atoms with Crippen LogP contribution in [0.1, 0.15) is 31.0 Å². The third-order valence-electron chi connectivity index (χ3n) is 4.62. The molecule has 132 valence electrons. The minimum atomic E-state index is -0.317. The number of hydrogen-bond acceptors (Lipinski definition) is 3. The Kier molecular flexibility index (Phi) is 5.89. The lowest BCUT2D eigenvalue weighted by molar-refractivity contribution is -0.123. The summed E-state index contributed by atoms with van der Waals surface area (Å²) in [5.74, 6) is 0.406. The summed E-state index contributed by atoms with van der Waals surface area (Å²) in [4.78, 5) is 13.0. The van der Waals surface area contributed by atoms with E-state index in [4.69, 9.17) is 0 Å². The molecule has 3 rings (SSSR count). The Bertz CT molecular complexity index is 653. The third-order valence-corrected chi connectivity index (χ3v) is 5.72. The molecule has 0 aromatic heterocycles. The minimum absolute atomic E-state index is 0.0183. The van der Waals surface area contributed by atoms with Crippen molar-refractivity contribution in [3.63, 3.8) is 0 Å². The summed E-state index contributed by atoms with van der Waals surface area (Å²) in [5, 5.41) is 3.21. The molecule has 0 aliphatic carbocycles. The van der Waals surface area contributed by atoms with Crippen LogP contribution in [-0.4, -0.2) is 22.8 Å². The maximum Gasteiger partial charge on any atom is 0.240 e. The molecule has 1 amide bonds. The highest BCUT2D eigenvalue weighted by molar-refractivity contribution is 9.09. The van der Waals surface area contributed by atoms with Gasteiger partial charge in [0, 0.05) is 6.04 Å². The normalized spacial score (nSPS) is 23.2. The van der Waals surface area contributed by atoms with E-state index >= 15 is 0 Å². The Morgan fingerprint density at radius 3 is 1.92 bits per heavy atom. The van der Waals surface area contributed by atoms with Crippen molar-refractivity contribution in [3.05, 3.63) is 71.8 Å². The van der Waals surface area contributed by atoms with Crippen LogP contribution in [0.15, 0.2) is 60.7 Å². The van der Waals surface area contributed by atoms with Gasteiger partial charge in [-0.1, -0.05) is 90.4 Å².